The zero-order valence-corrected chi connectivity index (χ0v) is 13.7. The van der Waals surface area contributed by atoms with Gasteiger partial charge in [-0.05, 0) is 50.7 Å². The summed E-state index contributed by atoms with van der Waals surface area (Å²) in [6.45, 7) is 2.25. The Kier molecular flexibility index (Phi) is 3.40. The van der Waals surface area contributed by atoms with Gasteiger partial charge < -0.3 is 15.2 Å². The zero-order valence-electron chi connectivity index (χ0n) is 13.7. The van der Waals surface area contributed by atoms with Crippen LogP contribution in [0.4, 0.5) is 4.79 Å². The summed E-state index contributed by atoms with van der Waals surface area (Å²) in [5.41, 5.74) is 0.169. The number of urea groups is 1. The van der Waals surface area contributed by atoms with Gasteiger partial charge in [-0.25, -0.2) is 4.79 Å². The molecule has 24 heavy (non-hydrogen) atoms. The van der Waals surface area contributed by atoms with E-state index in [1.165, 1.54) is 0 Å². The lowest BCUT2D eigenvalue weighted by atomic mass is 9.96. The average molecular weight is 330 g/mol. The fourth-order valence-corrected chi connectivity index (χ4v) is 3.96. The molecule has 4 rings (SSSR count). The predicted molar refractivity (Wildman–Crippen MR) is 85.9 cm³/mol. The summed E-state index contributed by atoms with van der Waals surface area (Å²) in [5, 5.41) is 2.79. The summed E-state index contributed by atoms with van der Waals surface area (Å²) in [4.78, 5) is 43.6. The fourth-order valence-electron chi connectivity index (χ4n) is 3.96. The molecule has 0 aromatic carbocycles. The quantitative estimate of drug-likeness (QED) is 0.818. The number of aromatic nitrogens is 1. The van der Waals surface area contributed by atoms with Crippen LogP contribution in [0.15, 0.2) is 18.3 Å². The van der Waals surface area contributed by atoms with Crippen molar-refractivity contribution in [1.29, 1.82) is 0 Å². The maximum Gasteiger partial charge on any atom is 0.325 e. The van der Waals surface area contributed by atoms with Crippen molar-refractivity contribution in [2.75, 3.05) is 13.1 Å². The topological polar surface area (TPSA) is 85.5 Å². The van der Waals surface area contributed by atoms with Gasteiger partial charge in [0, 0.05) is 18.4 Å². The van der Waals surface area contributed by atoms with Gasteiger partial charge in [-0.15, -0.1) is 0 Å². The molecule has 1 aromatic rings. The number of carbonyl (C=O) groups excluding carboxylic acids is 3. The van der Waals surface area contributed by atoms with Gasteiger partial charge in [0.05, 0.1) is 6.04 Å². The minimum absolute atomic E-state index is 0.00285. The second kappa shape index (κ2) is 5.36. The Bertz CT molecular complexity index is 682. The number of H-pyrrole nitrogens is 1. The van der Waals surface area contributed by atoms with Crippen molar-refractivity contribution >= 4 is 17.8 Å². The summed E-state index contributed by atoms with van der Waals surface area (Å²) >= 11 is 0. The van der Waals surface area contributed by atoms with Crippen LogP contribution in [-0.4, -0.2) is 51.3 Å². The predicted octanol–water partition coefficient (Wildman–Crippen LogP) is 1.40. The molecule has 2 atom stereocenters. The molecule has 2 N–H and O–H groups in total. The first kappa shape index (κ1) is 15.2. The third kappa shape index (κ3) is 2.30. The molecule has 2 aliphatic heterocycles. The molecule has 1 aromatic heterocycles. The first-order chi connectivity index (χ1) is 11.5. The van der Waals surface area contributed by atoms with Gasteiger partial charge in [-0.2, -0.15) is 0 Å². The van der Waals surface area contributed by atoms with Crippen LogP contribution < -0.4 is 5.32 Å². The molecule has 0 unspecified atom stereocenters. The van der Waals surface area contributed by atoms with Crippen molar-refractivity contribution < 1.29 is 14.4 Å². The summed E-state index contributed by atoms with van der Waals surface area (Å²) in [6.07, 6.45) is 5.56. The molecule has 0 bridgehead atoms. The molecule has 7 nitrogen and oxygen atoms in total. The Morgan fingerprint density at radius 1 is 1.33 bits per heavy atom. The third-order valence-corrected chi connectivity index (χ3v) is 5.54. The summed E-state index contributed by atoms with van der Waals surface area (Å²) in [6, 6.07) is 3.43. The number of carbonyl (C=O) groups is 3. The van der Waals surface area contributed by atoms with Crippen LogP contribution in [0.1, 0.15) is 44.3 Å². The number of nitrogens with one attached hydrogen (secondary N) is 2. The van der Waals surface area contributed by atoms with Crippen molar-refractivity contribution in [3.63, 3.8) is 0 Å². The number of rotatable bonds is 4. The molecule has 4 amide bonds. The Morgan fingerprint density at radius 3 is 2.79 bits per heavy atom. The monoisotopic (exact) mass is 330 g/mol. The molecular formula is C17H22N4O3. The number of hydrogen-bond donors (Lipinski definition) is 2. The smallest absolute Gasteiger partial charge is 0.325 e. The average Bonchev–Trinajstić information content (AvgIpc) is 3.00. The van der Waals surface area contributed by atoms with Crippen LogP contribution in [0.5, 0.6) is 0 Å². The van der Waals surface area contributed by atoms with Gasteiger partial charge >= 0.3 is 6.03 Å². The van der Waals surface area contributed by atoms with Gasteiger partial charge in [-0.3, -0.25) is 14.5 Å². The van der Waals surface area contributed by atoms with Gasteiger partial charge in [0.25, 0.3) is 5.91 Å². The van der Waals surface area contributed by atoms with Crippen LogP contribution in [0.2, 0.25) is 0 Å². The normalized spacial score (nSPS) is 30.1. The molecule has 128 valence electrons. The van der Waals surface area contributed by atoms with Crippen molar-refractivity contribution in [3.8, 4) is 0 Å². The number of amides is 4. The standard InChI is InChI=1S/C17H22N4O3/c1-17(11-6-7-11)15(23)21(16(24)19-17)10-14(22)20-9-3-5-13(20)12-4-2-8-18-12/h2,4,8,11,13,18H,3,5-7,9-10H2,1H3,(H,19,24)/t13-,17+/m0/s1. The molecule has 3 aliphatic rings. The lowest BCUT2D eigenvalue weighted by molar-refractivity contribution is -0.139. The Balaban J connectivity index is 1.48. The van der Waals surface area contributed by atoms with Crippen molar-refractivity contribution in [2.45, 2.75) is 44.2 Å². The summed E-state index contributed by atoms with van der Waals surface area (Å²) in [5.74, 6) is -0.234. The highest BCUT2D eigenvalue weighted by molar-refractivity contribution is 6.09. The number of likely N-dealkylation sites (tertiary alicyclic amines) is 1. The molecule has 0 radical (unpaired) electrons. The summed E-state index contributed by atoms with van der Waals surface area (Å²) in [7, 11) is 0. The number of aromatic amines is 1. The minimum atomic E-state index is -0.832. The van der Waals surface area contributed by atoms with Gasteiger partial charge in [0.2, 0.25) is 5.91 Å². The molecule has 7 heteroatoms. The second-order valence-electron chi connectivity index (χ2n) is 7.17. The van der Waals surface area contributed by atoms with E-state index in [1.807, 2.05) is 18.3 Å². The van der Waals surface area contributed by atoms with E-state index >= 15 is 0 Å². The SMILES string of the molecule is C[C@]1(C2CC2)NC(=O)N(CC(=O)N2CCC[C@H]2c2ccc[nH]2)C1=O. The first-order valence-electron chi connectivity index (χ1n) is 8.57. The zero-order chi connectivity index (χ0) is 16.9. The molecule has 0 spiro atoms. The highest BCUT2D eigenvalue weighted by Crippen LogP contribution is 2.42. The molecule has 3 fully saturated rings. The highest BCUT2D eigenvalue weighted by atomic mass is 16.2. The minimum Gasteiger partial charge on any atom is -0.363 e. The lowest BCUT2D eigenvalue weighted by Gasteiger charge is -2.26. The molecule has 1 saturated carbocycles. The number of imide groups is 1. The maximum absolute atomic E-state index is 12.7. The van der Waals surface area contributed by atoms with E-state index in [4.69, 9.17) is 0 Å². The van der Waals surface area contributed by atoms with E-state index in [0.717, 1.165) is 36.3 Å². The number of nitrogens with zero attached hydrogens (tertiary/aromatic N) is 2. The highest BCUT2D eigenvalue weighted by Gasteiger charge is 2.56. The second-order valence-corrected chi connectivity index (χ2v) is 7.17. The molecule has 1 aliphatic carbocycles. The Hall–Kier alpha value is -2.31. The molecular weight excluding hydrogens is 308 g/mol. The van der Waals surface area contributed by atoms with E-state index < -0.39 is 11.6 Å². The van der Waals surface area contributed by atoms with Crippen LogP contribution >= 0.6 is 0 Å². The maximum atomic E-state index is 12.7. The van der Waals surface area contributed by atoms with Crippen LogP contribution in [0, 0.1) is 5.92 Å². The number of hydrogen-bond acceptors (Lipinski definition) is 3. The van der Waals surface area contributed by atoms with Crippen molar-refractivity contribution in [1.82, 2.24) is 20.1 Å². The van der Waals surface area contributed by atoms with Crippen molar-refractivity contribution in [3.05, 3.63) is 24.0 Å². The van der Waals surface area contributed by atoms with E-state index in [2.05, 4.69) is 10.3 Å². The van der Waals surface area contributed by atoms with E-state index in [1.54, 1.807) is 11.8 Å². The van der Waals surface area contributed by atoms with Crippen molar-refractivity contribution in [2.24, 2.45) is 5.92 Å². The lowest BCUT2D eigenvalue weighted by Crippen LogP contribution is -2.47. The molecule has 3 heterocycles. The van der Waals surface area contributed by atoms with Crippen LogP contribution in [0.25, 0.3) is 0 Å². The van der Waals surface area contributed by atoms with E-state index in [0.29, 0.717) is 6.54 Å². The summed E-state index contributed by atoms with van der Waals surface area (Å²) < 4.78 is 0. The fraction of sp³-hybridized carbons (Fsp3) is 0.588. The Morgan fingerprint density at radius 2 is 2.12 bits per heavy atom. The van der Waals surface area contributed by atoms with Gasteiger partial charge in [0.15, 0.2) is 0 Å². The van der Waals surface area contributed by atoms with E-state index in [9.17, 15) is 14.4 Å². The first-order valence-corrected chi connectivity index (χ1v) is 8.57. The van der Waals surface area contributed by atoms with Crippen LogP contribution in [-0.2, 0) is 9.59 Å². The van der Waals surface area contributed by atoms with Gasteiger partial charge in [0.1, 0.15) is 12.1 Å². The largest absolute Gasteiger partial charge is 0.363 e. The van der Waals surface area contributed by atoms with E-state index in [-0.39, 0.29) is 30.3 Å². The van der Waals surface area contributed by atoms with Gasteiger partial charge in [-0.1, -0.05) is 0 Å². The molecule has 2 saturated heterocycles. The van der Waals surface area contributed by atoms with Crippen LogP contribution in [0.3, 0.4) is 0 Å². The third-order valence-electron chi connectivity index (χ3n) is 5.54. The Labute approximate surface area is 140 Å².